The van der Waals surface area contributed by atoms with Crippen molar-refractivity contribution in [3.63, 3.8) is 0 Å². The number of hydrogen-bond acceptors (Lipinski definition) is 3. The van der Waals surface area contributed by atoms with Crippen molar-refractivity contribution in [2.24, 2.45) is 0 Å². The first-order valence-electron chi connectivity index (χ1n) is 3.63. The minimum atomic E-state index is -4.05. The molecule has 0 fully saturated rings. The normalized spacial score (nSPS) is 12.1. The summed E-state index contributed by atoms with van der Waals surface area (Å²) in [7, 11) is 1.08. The van der Waals surface area contributed by atoms with E-state index in [0.717, 1.165) is 6.20 Å². The lowest BCUT2D eigenvalue weighted by Crippen LogP contribution is -2.04. The molecule has 0 radical (unpaired) electrons. The summed E-state index contributed by atoms with van der Waals surface area (Å²) in [5.41, 5.74) is -0.320. The molecule has 0 N–H and O–H groups in total. The number of hydrogen-bond donors (Lipinski definition) is 0. The van der Waals surface area contributed by atoms with Gasteiger partial charge in [-0.05, 0) is 29.5 Å². The van der Waals surface area contributed by atoms with Crippen LogP contribution in [0.3, 0.4) is 0 Å². The molecule has 0 spiro atoms. The van der Waals surface area contributed by atoms with E-state index < -0.39 is 21.0 Å². The fourth-order valence-electron chi connectivity index (χ4n) is 1.01. The lowest BCUT2D eigenvalue weighted by atomic mass is 10.2. The summed E-state index contributed by atoms with van der Waals surface area (Å²) < 4.78 is 47.1. The van der Waals surface area contributed by atoms with Crippen molar-refractivity contribution in [1.29, 1.82) is 0 Å². The number of halogens is 4. The van der Waals surface area contributed by atoms with Gasteiger partial charge >= 0.3 is 0 Å². The molecule has 0 atom stereocenters. The first-order valence-corrected chi connectivity index (χ1v) is 7.01. The molecular weight excluding hydrogens is 363 g/mol. The summed E-state index contributed by atoms with van der Waals surface area (Å²) in [5.74, 6) is 0. The highest BCUT2D eigenvalue weighted by atomic mass is 127. The van der Waals surface area contributed by atoms with E-state index in [1.54, 1.807) is 0 Å². The van der Waals surface area contributed by atoms with Crippen LogP contribution >= 0.6 is 33.3 Å². The third kappa shape index (κ3) is 2.76. The van der Waals surface area contributed by atoms with E-state index in [1.807, 2.05) is 0 Å². The third-order valence-corrected chi connectivity index (χ3v) is 4.64. The Morgan fingerprint density at radius 3 is 2.47 bits per heavy atom. The van der Waals surface area contributed by atoms with Crippen molar-refractivity contribution in [3.05, 3.63) is 21.0 Å². The van der Waals surface area contributed by atoms with Gasteiger partial charge in [0, 0.05) is 20.4 Å². The Morgan fingerprint density at radius 2 is 2.07 bits per heavy atom. The van der Waals surface area contributed by atoms with Crippen molar-refractivity contribution >= 4 is 42.3 Å². The van der Waals surface area contributed by atoms with Gasteiger partial charge in [-0.15, -0.1) is 0 Å². The zero-order chi connectivity index (χ0) is 11.8. The number of aromatic nitrogens is 1. The molecule has 84 valence electrons. The van der Waals surface area contributed by atoms with E-state index in [9.17, 15) is 17.2 Å². The van der Waals surface area contributed by atoms with Crippen molar-refractivity contribution in [3.8, 4) is 0 Å². The van der Waals surface area contributed by atoms with Crippen LogP contribution in [0.2, 0.25) is 0 Å². The molecule has 0 amide bonds. The Hall–Kier alpha value is -0.0200. The van der Waals surface area contributed by atoms with Gasteiger partial charge in [-0.3, -0.25) is 4.98 Å². The van der Waals surface area contributed by atoms with E-state index in [1.165, 1.54) is 29.5 Å². The van der Waals surface area contributed by atoms with Gasteiger partial charge in [-0.1, -0.05) is 0 Å². The van der Waals surface area contributed by atoms with Crippen LogP contribution in [0.25, 0.3) is 0 Å². The first kappa shape index (κ1) is 13.0. The molecule has 1 aromatic heterocycles. The number of nitrogens with zero attached hydrogens (tertiary/aromatic N) is 1. The summed E-state index contributed by atoms with van der Waals surface area (Å²) in [6.45, 7) is 1.40. The fraction of sp³-hybridized carbons (Fsp3) is 0.286. The zero-order valence-corrected chi connectivity index (χ0v) is 11.1. The number of rotatable bonds is 2. The summed E-state index contributed by atoms with van der Waals surface area (Å²) in [4.78, 5) is 3.23. The molecule has 15 heavy (non-hydrogen) atoms. The second kappa shape index (κ2) is 4.46. The molecule has 0 aromatic carbocycles. The maximum atomic E-state index is 12.4. The number of pyridine rings is 1. The molecule has 8 heteroatoms. The second-order valence-electron chi connectivity index (χ2n) is 2.68. The van der Waals surface area contributed by atoms with Crippen LogP contribution in [0.1, 0.15) is 17.7 Å². The van der Waals surface area contributed by atoms with Crippen molar-refractivity contribution < 1.29 is 17.2 Å². The summed E-state index contributed by atoms with van der Waals surface area (Å²) in [6, 6.07) is 0. The van der Waals surface area contributed by atoms with Crippen molar-refractivity contribution in [2.75, 3.05) is 0 Å². The lowest BCUT2D eigenvalue weighted by Gasteiger charge is -2.08. The largest absolute Gasteiger partial charge is 0.266 e. The Bertz CT molecular complexity index is 492. The summed E-state index contributed by atoms with van der Waals surface area (Å²) in [6.07, 6.45) is -1.82. The van der Waals surface area contributed by atoms with Crippen LogP contribution < -0.4 is 0 Å². The monoisotopic (exact) mass is 367 g/mol. The zero-order valence-electron chi connectivity index (χ0n) is 7.34. The maximum Gasteiger partial charge on any atom is 0.266 e. The molecule has 0 aliphatic heterocycles. The van der Waals surface area contributed by atoms with Gasteiger partial charge in [-0.25, -0.2) is 17.2 Å². The van der Waals surface area contributed by atoms with Crippen LogP contribution in [0.4, 0.5) is 8.78 Å². The van der Waals surface area contributed by atoms with Crippen molar-refractivity contribution in [2.45, 2.75) is 18.2 Å². The fourth-order valence-corrected chi connectivity index (χ4v) is 4.34. The molecule has 0 saturated heterocycles. The quantitative estimate of drug-likeness (QED) is 0.596. The SMILES string of the molecule is Cc1ncc(C(F)F)c(I)c1S(=O)(=O)Cl. The highest BCUT2D eigenvalue weighted by molar-refractivity contribution is 14.1. The Kier molecular flexibility index (Phi) is 3.88. The van der Waals surface area contributed by atoms with Crippen LogP contribution in [-0.4, -0.2) is 13.4 Å². The van der Waals surface area contributed by atoms with E-state index in [4.69, 9.17) is 10.7 Å². The van der Waals surface area contributed by atoms with Gasteiger partial charge in [0.15, 0.2) is 0 Å². The van der Waals surface area contributed by atoms with E-state index in [0.29, 0.717) is 0 Å². The predicted molar refractivity (Wildman–Crippen MR) is 59.7 cm³/mol. The first-order chi connectivity index (χ1) is 6.75. The van der Waals surface area contributed by atoms with Crippen molar-refractivity contribution in [1.82, 2.24) is 4.98 Å². The average molecular weight is 368 g/mol. The molecule has 3 nitrogen and oxygen atoms in total. The number of alkyl halides is 2. The molecular formula is C7H5ClF2INO2S. The third-order valence-electron chi connectivity index (χ3n) is 1.66. The standard InChI is InChI=1S/C7H5ClF2INO2S/c1-3-6(15(8,13)14)5(11)4(2-12-3)7(9)10/h2,7H,1H3. The molecule has 1 heterocycles. The Balaban J connectivity index is 3.59. The highest BCUT2D eigenvalue weighted by Gasteiger charge is 2.24. The molecule has 0 bridgehead atoms. The van der Waals surface area contributed by atoms with Gasteiger partial charge < -0.3 is 0 Å². The smallest absolute Gasteiger partial charge is 0.260 e. The van der Waals surface area contributed by atoms with Crippen LogP contribution in [-0.2, 0) is 9.05 Å². The maximum absolute atomic E-state index is 12.4. The van der Waals surface area contributed by atoms with Crippen LogP contribution in [0.5, 0.6) is 0 Å². The molecule has 0 aliphatic carbocycles. The Labute approximate surface area is 103 Å². The summed E-state index contributed by atoms with van der Waals surface area (Å²) >= 11 is 1.52. The molecule has 1 aromatic rings. The molecule has 1 rings (SSSR count). The topological polar surface area (TPSA) is 47.0 Å². The van der Waals surface area contributed by atoms with E-state index in [2.05, 4.69) is 4.98 Å². The van der Waals surface area contributed by atoms with Gasteiger partial charge in [0.25, 0.3) is 15.5 Å². The van der Waals surface area contributed by atoms with E-state index >= 15 is 0 Å². The average Bonchev–Trinajstić information content (AvgIpc) is 2.00. The molecule has 0 unspecified atom stereocenters. The van der Waals surface area contributed by atoms with Crippen LogP contribution in [0.15, 0.2) is 11.1 Å². The minimum Gasteiger partial charge on any atom is -0.260 e. The minimum absolute atomic E-state index is 0.0786. The predicted octanol–water partition coefficient (Wildman–Crippen LogP) is 2.86. The lowest BCUT2D eigenvalue weighted by molar-refractivity contribution is 0.149. The molecule has 0 aliphatic rings. The van der Waals surface area contributed by atoms with E-state index in [-0.39, 0.29) is 14.2 Å². The number of aryl methyl sites for hydroxylation is 1. The summed E-state index contributed by atoms with van der Waals surface area (Å²) in [5, 5.41) is 0. The molecule has 0 saturated carbocycles. The van der Waals surface area contributed by atoms with Crippen LogP contribution in [0, 0.1) is 10.5 Å². The highest BCUT2D eigenvalue weighted by Crippen LogP contribution is 2.31. The Morgan fingerprint density at radius 1 is 1.53 bits per heavy atom. The van der Waals surface area contributed by atoms with Gasteiger partial charge in [0.2, 0.25) is 0 Å². The second-order valence-corrected chi connectivity index (χ2v) is 6.26. The van der Waals surface area contributed by atoms with Gasteiger partial charge in [0.1, 0.15) is 4.90 Å². The van der Waals surface area contributed by atoms with Gasteiger partial charge in [-0.2, -0.15) is 0 Å². The van der Waals surface area contributed by atoms with Gasteiger partial charge in [0.05, 0.1) is 11.3 Å².